The van der Waals surface area contributed by atoms with Gasteiger partial charge in [-0.2, -0.15) is 5.10 Å². The molecule has 0 amide bonds. The third-order valence-electron chi connectivity index (χ3n) is 1.65. The van der Waals surface area contributed by atoms with Crippen molar-refractivity contribution >= 4 is 0 Å². The fraction of sp³-hybridized carbons (Fsp3) is 0.111. The Morgan fingerprint density at radius 2 is 1.92 bits per heavy atom. The number of aryl methyl sites for hydroxylation is 1. The minimum atomic E-state index is 1.02. The maximum atomic E-state index is 4.27. The Bertz CT molecular complexity index is 364. The van der Waals surface area contributed by atoms with Gasteiger partial charge in [-0.25, -0.2) is 4.68 Å². The van der Waals surface area contributed by atoms with Gasteiger partial charge in [0.05, 0.1) is 11.4 Å². The first-order valence-corrected chi connectivity index (χ1v) is 3.79. The van der Waals surface area contributed by atoms with Crippen LogP contribution in [0.4, 0.5) is 0 Å². The monoisotopic (exact) mass is 159 g/mol. The highest BCUT2D eigenvalue weighted by Crippen LogP contribution is 2.04. The van der Waals surface area contributed by atoms with Gasteiger partial charge in [-0.3, -0.25) is 4.98 Å². The lowest BCUT2D eigenvalue weighted by Crippen LogP contribution is -1.94. The molecule has 0 N–H and O–H groups in total. The highest BCUT2D eigenvalue weighted by Gasteiger charge is 1.95. The zero-order chi connectivity index (χ0) is 8.39. The van der Waals surface area contributed by atoms with E-state index in [-0.39, 0.29) is 0 Å². The highest BCUT2D eigenvalue weighted by molar-refractivity contribution is 5.27. The number of hydrogen-bond acceptors (Lipinski definition) is 2. The Labute approximate surface area is 70.7 Å². The van der Waals surface area contributed by atoms with Gasteiger partial charge in [-0.1, -0.05) is 0 Å². The van der Waals surface area contributed by atoms with Crippen molar-refractivity contribution in [1.29, 1.82) is 0 Å². The van der Waals surface area contributed by atoms with Crippen LogP contribution in [0, 0.1) is 6.92 Å². The van der Waals surface area contributed by atoms with E-state index in [1.165, 1.54) is 0 Å². The van der Waals surface area contributed by atoms with E-state index in [4.69, 9.17) is 0 Å². The van der Waals surface area contributed by atoms with Crippen molar-refractivity contribution in [2.24, 2.45) is 0 Å². The summed E-state index contributed by atoms with van der Waals surface area (Å²) in [6.07, 6.45) is 5.45. The predicted molar refractivity (Wildman–Crippen MR) is 46.1 cm³/mol. The molecule has 3 nitrogen and oxygen atoms in total. The summed E-state index contributed by atoms with van der Waals surface area (Å²) in [6.45, 7) is 1.97. The number of rotatable bonds is 1. The van der Waals surface area contributed by atoms with Gasteiger partial charge in [0.1, 0.15) is 0 Å². The fourth-order valence-electron chi connectivity index (χ4n) is 1.06. The third kappa shape index (κ3) is 1.21. The molecule has 0 atom stereocenters. The molecule has 0 spiro atoms. The molecule has 3 heteroatoms. The molecule has 0 aliphatic rings. The molecule has 0 radical (unpaired) electrons. The minimum absolute atomic E-state index is 1.02. The van der Waals surface area contributed by atoms with Gasteiger partial charge >= 0.3 is 0 Å². The summed E-state index contributed by atoms with van der Waals surface area (Å²) < 4.78 is 1.83. The molecule has 0 saturated carbocycles. The van der Waals surface area contributed by atoms with E-state index in [1.54, 1.807) is 12.4 Å². The van der Waals surface area contributed by atoms with Crippen molar-refractivity contribution in [3.63, 3.8) is 0 Å². The molecule has 2 aromatic rings. The Morgan fingerprint density at radius 3 is 2.50 bits per heavy atom. The first-order chi connectivity index (χ1) is 5.86. The van der Waals surface area contributed by atoms with Crippen LogP contribution in [-0.2, 0) is 0 Å². The van der Waals surface area contributed by atoms with E-state index in [2.05, 4.69) is 10.1 Å². The molecular weight excluding hydrogens is 150 g/mol. The maximum absolute atomic E-state index is 4.27. The molecule has 0 aromatic carbocycles. The molecule has 0 fully saturated rings. The van der Waals surface area contributed by atoms with Crippen LogP contribution in [0.5, 0.6) is 0 Å². The number of hydrogen-bond donors (Lipinski definition) is 0. The molecule has 2 rings (SSSR count). The topological polar surface area (TPSA) is 30.7 Å². The van der Waals surface area contributed by atoms with Gasteiger partial charge in [-0.15, -0.1) is 0 Å². The van der Waals surface area contributed by atoms with Gasteiger partial charge < -0.3 is 0 Å². The molecular formula is C9H9N3. The molecule has 0 aliphatic carbocycles. The van der Waals surface area contributed by atoms with Crippen LogP contribution in [0.15, 0.2) is 36.8 Å². The van der Waals surface area contributed by atoms with Gasteiger partial charge in [0, 0.05) is 18.6 Å². The summed E-state index contributed by atoms with van der Waals surface area (Å²) >= 11 is 0. The van der Waals surface area contributed by atoms with Crippen LogP contribution in [0.2, 0.25) is 0 Å². The van der Waals surface area contributed by atoms with Gasteiger partial charge in [0.25, 0.3) is 0 Å². The Balaban J connectivity index is 2.45. The lowest BCUT2D eigenvalue weighted by atomic mass is 10.4. The number of aromatic nitrogens is 3. The molecule has 12 heavy (non-hydrogen) atoms. The lowest BCUT2D eigenvalue weighted by Gasteiger charge is -1.97. The predicted octanol–water partition coefficient (Wildman–Crippen LogP) is 1.58. The maximum Gasteiger partial charge on any atom is 0.0676 e. The van der Waals surface area contributed by atoms with Crippen molar-refractivity contribution < 1.29 is 0 Å². The summed E-state index contributed by atoms with van der Waals surface area (Å²) in [6, 6.07) is 5.82. The molecule has 0 bridgehead atoms. The van der Waals surface area contributed by atoms with E-state index in [0.717, 1.165) is 11.4 Å². The van der Waals surface area contributed by atoms with Gasteiger partial charge in [0.2, 0.25) is 0 Å². The fourth-order valence-corrected chi connectivity index (χ4v) is 1.06. The van der Waals surface area contributed by atoms with E-state index in [0.29, 0.717) is 0 Å². The second kappa shape index (κ2) is 2.77. The second-order valence-electron chi connectivity index (χ2n) is 2.61. The molecule has 0 aliphatic heterocycles. The van der Waals surface area contributed by atoms with Crippen LogP contribution >= 0.6 is 0 Å². The van der Waals surface area contributed by atoms with Crippen LogP contribution in [0.3, 0.4) is 0 Å². The third-order valence-corrected chi connectivity index (χ3v) is 1.65. The smallest absolute Gasteiger partial charge is 0.0676 e. The quantitative estimate of drug-likeness (QED) is 0.632. The summed E-state index contributed by atoms with van der Waals surface area (Å²) in [7, 11) is 0. The van der Waals surface area contributed by atoms with Crippen molar-refractivity contribution in [3.05, 3.63) is 42.5 Å². The van der Waals surface area contributed by atoms with Crippen LogP contribution < -0.4 is 0 Å². The molecule has 0 saturated heterocycles. The van der Waals surface area contributed by atoms with Crippen molar-refractivity contribution in [2.75, 3.05) is 0 Å². The molecule has 60 valence electrons. The Morgan fingerprint density at radius 1 is 1.17 bits per heavy atom. The minimum Gasteiger partial charge on any atom is -0.265 e. The summed E-state index contributed by atoms with van der Waals surface area (Å²) in [4.78, 5) is 3.94. The van der Waals surface area contributed by atoms with E-state index in [1.807, 2.05) is 36.0 Å². The van der Waals surface area contributed by atoms with E-state index < -0.39 is 0 Å². The van der Waals surface area contributed by atoms with Gasteiger partial charge in [0.15, 0.2) is 0 Å². The number of nitrogens with zero attached hydrogens (tertiary/aromatic N) is 3. The zero-order valence-corrected chi connectivity index (χ0v) is 6.81. The van der Waals surface area contributed by atoms with E-state index in [9.17, 15) is 0 Å². The molecule has 0 unspecified atom stereocenters. The first-order valence-electron chi connectivity index (χ1n) is 3.79. The average molecular weight is 159 g/mol. The van der Waals surface area contributed by atoms with Crippen molar-refractivity contribution in [1.82, 2.24) is 14.8 Å². The van der Waals surface area contributed by atoms with E-state index >= 15 is 0 Å². The van der Waals surface area contributed by atoms with Crippen molar-refractivity contribution in [2.45, 2.75) is 6.92 Å². The Kier molecular flexibility index (Phi) is 1.63. The zero-order valence-electron chi connectivity index (χ0n) is 6.81. The van der Waals surface area contributed by atoms with Crippen LogP contribution in [0.25, 0.3) is 5.69 Å². The lowest BCUT2D eigenvalue weighted by molar-refractivity contribution is 0.860. The van der Waals surface area contributed by atoms with Crippen LogP contribution in [-0.4, -0.2) is 14.8 Å². The molecule has 2 heterocycles. The largest absolute Gasteiger partial charge is 0.265 e. The summed E-state index contributed by atoms with van der Waals surface area (Å²) in [5, 5.41) is 4.27. The summed E-state index contributed by atoms with van der Waals surface area (Å²) in [5.74, 6) is 0. The van der Waals surface area contributed by atoms with Gasteiger partial charge in [-0.05, 0) is 25.1 Å². The number of pyridine rings is 1. The standard InChI is InChI=1S/C9H9N3/c1-8-4-7-12(11-8)9-2-5-10-6-3-9/h2-7H,1H3. The first kappa shape index (κ1) is 7.03. The average Bonchev–Trinajstić information content (AvgIpc) is 2.54. The van der Waals surface area contributed by atoms with Crippen LogP contribution in [0.1, 0.15) is 5.69 Å². The van der Waals surface area contributed by atoms with Crippen molar-refractivity contribution in [3.8, 4) is 5.69 Å². The molecule has 2 aromatic heterocycles. The Hall–Kier alpha value is -1.64. The second-order valence-corrected chi connectivity index (χ2v) is 2.61. The SMILES string of the molecule is Cc1ccn(-c2ccncc2)n1. The normalized spacial score (nSPS) is 10.1. The highest BCUT2D eigenvalue weighted by atomic mass is 15.3. The summed E-state index contributed by atoms with van der Waals surface area (Å²) in [5.41, 5.74) is 2.06.